The van der Waals surface area contributed by atoms with Crippen molar-refractivity contribution in [2.75, 3.05) is 32.8 Å². The lowest BCUT2D eigenvalue weighted by molar-refractivity contribution is -0.149. The number of carbonyl (C=O) groups excluding carboxylic acids is 1. The second kappa shape index (κ2) is 22.9. The Bertz CT molecular complexity index is 1870. The average molecular weight is 789 g/mol. The standard InChI is InChI=1S/C33H40N4O4.2C4H4O4/c1-4-39-32(38)33(2,3)28-24-37-29(34-28)16-17-30(35-37)40-23-11-20-36-21-18-27(19-22-36)41-31(25-12-7-5-8-13-25)26-14-9-6-10-15-26;2*5-3(6)1-2-4(7)8/h5-10,12-17,24,27,31H,4,11,18-23H2,1-3H3;2*1-2H,(H,5,6)(H,7,8). The minimum atomic E-state index is -1.26. The van der Waals surface area contributed by atoms with Gasteiger partial charge in [-0.3, -0.25) is 4.79 Å². The van der Waals surface area contributed by atoms with E-state index >= 15 is 0 Å². The summed E-state index contributed by atoms with van der Waals surface area (Å²) in [5, 5.41) is 35.8. The van der Waals surface area contributed by atoms with Crippen LogP contribution >= 0.6 is 0 Å². The summed E-state index contributed by atoms with van der Waals surface area (Å²) in [6, 6.07) is 24.7. The first-order valence-corrected chi connectivity index (χ1v) is 18.1. The van der Waals surface area contributed by atoms with E-state index in [0.717, 1.165) is 38.9 Å². The summed E-state index contributed by atoms with van der Waals surface area (Å²) in [5.41, 5.74) is 2.82. The zero-order valence-corrected chi connectivity index (χ0v) is 32.0. The molecular formula is C41H48N4O12. The maximum absolute atomic E-state index is 12.4. The van der Waals surface area contributed by atoms with Crippen molar-refractivity contribution in [2.45, 2.75) is 57.7 Å². The van der Waals surface area contributed by atoms with Crippen molar-refractivity contribution in [1.29, 1.82) is 0 Å². The van der Waals surface area contributed by atoms with E-state index in [1.165, 1.54) is 11.1 Å². The Morgan fingerprint density at radius 1 is 0.789 bits per heavy atom. The number of carboxylic acids is 4. The molecule has 5 rings (SSSR count). The molecule has 0 spiro atoms. The van der Waals surface area contributed by atoms with Crippen LogP contribution in [0.3, 0.4) is 0 Å². The molecule has 1 aliphatic heterocycles. The van der Waals surface area contributed by atoms with Crippen molar-refractivity contribution in [3.63, 3.8) is 0 Å². The van der Waals surface area contributed by atoms with Gasteiger partial charge in [-0.1, -0.05) is 60.7 Å². The van der Waals surface area contributed by atoms with E-state index in [0.29, 0.717) is 54.7 Å². The van der Waals surface area contributed by atoms with Gasteiger partial charge in [0.15, 0.2) is 5.65 Å². The Kier molecular flexibility index (Phi) is 18.0. The van der Waals surface area contributed by atoms with Crippen molar-refractivity contribution in [3.05, 3.63) is 120 Å². The second-order valence-corrected chi connectivity index (χ2v) is 13.0. The maximum atomic E-state index is 12.4. The van der Waals surface area contributed by atoms with Crippen LogP contribution in [-0.4, -0.2) is 109 Å². The topological polar surface area (TPSA) is 227 Å². The van der Waals surface area contributed by atoms with Gasteiger partial charge in [-0.2, -0.15) is 0 Å². The molecule has 0 unspecified atom stereocenters. The second-order valence-electron chi connectivity index (χ2n) is 13.0. The summed E-state index contributed by atoms with van der Waals surface area (Å²) in [6.07, 6.45) is 7.13. The number of hydrogen-bond donors (Lipinski definition) is 4. The van der Waals surface area contributed by atoms with Gasteiger partial charge in [0.2, 0.25) is 5.88 Å². The third-order valence-electron chi connectivity index (χ3n) is 8.40. The molecule has 0 bridgehead atoms. The lowest BCUT2D eigenvalue weighted by Gasteiger charge is -2.34. The summed E-state index contributed by atoms with van der Waals surface area (Å²) in [5.74, 6) is -4.79. The molecule has 4 aromatic rings. The van der Waals surface area contributed by atoms with Crippen molar-refractivity contribution in [3.8, 4) is 5.88 Å². The van der Waals surface area contributed by atoms with Crippen LogP contribution in [-0.2, 0) is 38.9 Å². The third-order valence-corrected chi connectivity index (χ3v) is 8.40. The molecule has 1 aliphatic rings. The maximum Gasteiger partial charge on any atom is 0.328 e. The minimum Gasteiger partial charge on any atom is -0.478 e. The molecule has 57 heavy (non-hydrogen) atoms. The lowest BCUT2D eigenvalue weighted by atomic mass is 9.90. The fourth-order valence-corrected chi connectivity index (χ4v) is 5.48. The van der Waals surface area contributed by atoms with Gasteiger partial charge in [0.25, 0.3) is 0 Å². The Labute approximate surface area is 329 Å². The number of hydrogen-bond acceptors (Lipinski definition) is 11. The Balaban J connectivity index is 0.000000457. The molecule has 4 N–H and O–H groups in total. The first kappa shape index (κ1) is 45.0. The van der Waals surface area contributed by atoms with Crippen LogP contribution in [0, 0.1) is 0 Å². The molecule has 2 aromatic carbocycles. The minimum absolute atomic E-state index is 0.0463. The third kappa shape index (κ3) is 15.7. The molecule has 16 heteroatoms. The van der Waals surface area contributed by atoms with Crippen LogP contribution in [0.5, 0.6) is 5.88 Å². The smallest absolute Gasteiger partial charge is 0.328 e. The number of likely N-dealkylation sites (tertiary alicyclic amines) is 1. The number of rotatable bonds is 16. The van der Waals surface area contributed by atoms with E-state index in [2.05, 4.69) is 63.5 Å². The fraction of sp³-hybridized carbons (Fsp3) is 0.341. The Hall–Kier alpha value is -6.39. The van der Waals surface area contributed by atoms with Crippen LogP contribution in [0.1, 0.15) is 63.0 Å². The molecular weight excluding hydrogens is 740 g/mol. The quantitative estimate of drug-likeness (QED) is 0.0663. The summed E-state index contributed by atoms with van der Waals surface area (Å²) < 4.78 is 19.5. The molecule has 0 radical (unpaired) electrons. The number of imidazole rings is 1. The highest BCUT2D eigenvalue weighted by molar-refractivity contribution is 5.90. The van der Waals surface area contributed by atoms with Gasteiger partial charge >= 0.3 is 29.8 Å². The molecule has 0 atom stereocenters. The highest BCUT2D eigenvalue weighted by atomic mass is 16.5. The van der Waals surface area contributed by atoms with E-state index < -0.39 is 29.3 Å². The predicted octanol–water partition coefficient (Wildman–Crippen LogP) is 5.03. The molecule has 1 saturated heterocycles. The lowest BCUT2D eigenvalue weighted by Crippen LogP contribution is -2.38. The monoisotopic (exact) mass is 788 g/mol. The zero-order valence-electron chi connectivity index (χ0n) is 32.0. The van der Waals surface area contributed by atoms with Crippen LogP contribution in [0.4, 0.5) is 0 Å². The number of carboxylic acid groups (broad SMARTS) is 4. The number of benzene rings is 2. The van der Waals surface area contributed by atoms with Crippen LogP contribution < -0.4 is 4.74 Å². The highest BCUT2D eigenvalue weighted by Gasteiger charge is 2.34. The molecule has 0 amide bonds. The number of aliphatic carboxylic acids is 4. The van der Waals surface area contributed by atoms with E-state index in [4.69, 9.17) is 34.6 Å². The number of aromatic nitrogens is 3. The van der Waals surface area contributed by atoms with E-state index in [1.807, 2.05) is 38.1 Å². The Morgan fingerprint density at radius 2 is 1.30 bits per heavy atom. The van der Waals surface area contributed by atoms with Gasteiger partial charge in [0.1, 0.15) is 11.5 Å². The highest BCUT2D eigenvalue weighted by Crippen LogP contribution is 2.30. The molecule has 3 heterocycles. The van der Waals surface area contributed by atoms with E-state index in [9.17, 15) is 24.0 Å². The summed E-state index contributed by atoms with van der Waals surface area (Å²) in [6.45, 7) is 9.33. The van der Waals surface area contributed by atoms with Crippen LogP contribution in [0.25, 0.3) is 5.65 Å². The average Bonchev–Trinajstić information content (AvgIpc) is 3.63. The molecule has 304 valence electrons. The van der Waals surface area contributed by atoms with Crippen LogP contribution in [0.15, 0.2) is 103 Å². The first-order valence-electron chi connectivity index (χ1n) is 18.1. The zero-order chi connectivity index (χ0) is 41.8. The fourth-order valence-electron chi connectivity index (χ4n) is 5.48. The number of fused-ring (bicyclic) bond motifs is 1. The van der Waals surface area contributed by atoms with Crippen molar-refractivity contribution in [1.82, 2.24) is 19.5 Å². The van der Waals surface area contributed by atoms with Gasteiger partial charge in [-0.15, -0.1) is 5.10 Å². The molecule has 0 saturated carbocycles. The Morgan fingerprint density at radius 3 is 1.77 bits per heavy atom. The van der Waals surface area contributed by atoms with Gasteiger partial charge in [0.05, 0.1) is 31.2 Å². The van der Waals surface area contributed by atoms with E-state index in [1.54, 1.807) is 17.6 Å². The largest absolute Gasteiger partial charge is 0.478 e. The molecule has 2 aromatic heterocycles. The first-order chi connectivity index (χ1) is 27.2. The number of carbonyl (C=O) groups is 5. The van der Waals surface area contributed by atoms with Gasteiger partial charge in [-0.05, 0) is 57.2 Å². The summed E-state index contributed by atoms with van der Waals surface area (Å²) in [7, 11) is 0. The SMILES string of the molecule is CCOC(=O)C(C)(C)c1cn2nc(OCCCN3CCC(OC(c4ccccc4)c4ccccc4)CC3)ccc2n1.O=C(O)C=CC(=O)O.O=C(O)C=CC(=O)O. The number of piperidine rings is 1. The molecule has 1 fully saturated rings. The molecule has 0 aliphatic carbocycles. The van der Waals surface area contributed by atoms with Crippen LogP contribution in [0.2, 0.25) is 0 Å². The van der Waals surface area contributed by atoms with Crippen molar-refractivity contribution < 1.29 is 58.6 Å². The predicted molar refractivity (Wildman–Crippen MR) is 207 cm³/mol. The van der Waals surface area contributed by atoms with Gasteiger partial charge in [-0.25, -0.2) is 28.7 Å². The van der Waals surface area contributed by atoms with Gasteiger partial charge in [0, 0.05) is 50.0 Å². The summed E-state index contributed by atoms with van der Waals surface area (Å²) >= 11 is 0. The number of nitrogens with zero attached hydrogens (tertiary/aromatic N) is 4. The number of esters is 1. The molecule has 16 nitrogen and oxygen atoms in total. The van der Waals surface area contributed by atoms with Crippen molar-refractivity contribution >= 4 is 35.5 Å². The normalized spacial score (nSPS) is 13.4. The van der Waals surface area contributed by atoms with Crippen molar-refractivity contribution in [2.24, 2.45) is 0 Å². The summed E-state index contributed by atoms with van der Waals surface area (Å²) in [4.78, 5) is 57.6. The van der Waals surface area contributed by atoms with Gasteiger partial charge < -0.3 is 39.5 Å². The van der Waals surface area contributed by atoms with E-state index in [-0.39, 0.29) is 18.2 Å². The number of ether oxygens (including phenoxy) is 3.